The van der Waals surface area contributed by atoms with Gasteiger partial charge in [-0.3, -0.25) is 0 Å². The molecule has 4 heteroatoms. The molecule has 2 aliphatic rings. The van der Waals surface area contributed by atoms with E-state index in [4.69, 9.17) is 9.47 Å². The maximum Gasteiger partial charge on any atom is 0.231 e. The van der Waals surface area contributed by atoms with Crippen LogP contribution in [0.5, 0.6) is 11.5 Å². The second-order valence-electron chi connectivity index (χ2n) is 8.07. The lowest BCUT2D eigenvalue weighted by molar-refractivity contribution is 0.174. The molecule has 3 atom stereocenters. The average molecular weight is 417 g/mol. The summed E-state index contributed by atoms with van der Waals surface area (Å²) in [5.41, 5.74) is 5.12. The van der Waals surface area contributed by atoms with Crippen LogP contribution in [0.3, 0.4) is 0 Å². The summed E-state index contributed by atoms with van der Waals surface area (Å²) in [6, 6.07) is 17.0. The van der Waals surface area contributed by atoms with Gasteiger partial charge >= 0.3 is 0 Å². The topological polar surface area (TPSA) is 42.5 Å². The number of allylic oxidation sites excluding steroid dienone is 2. The van der Waals surface area contributed by atoms with Crippen LogP contribution in [-0.4, -0.2) is 19.9 Å². The van der Waals surface area contributed by atoms with Crippen molar-refractivity contribution >= 4 is 0 Å². The van der Waals surface area contributed by atoms with Gasteiger partial charge in [-0.2, -0.15) is 0 Å². The van der Waals surface area contributed by atoms with Crippen LogP contribution in [0.2, 0.25) is 0 Å². The minimum Gasteiger partial charge on any atom is -0.454 e. The highest BCUT2D eigenvalue weighted by atomic mass is 16.7. The molecular formula is C27H32N2O2. The van der Waals surface area contributed by atoms with Crippen LogP contribution < -0.4 is 20.1 Å². The standard InChI is InChI=1S/C27H32N2O2/c1-4-6-10-15-28-27-25(19(3)5-2)22(20-11-8-7-9-12-20)17-29-26(27)21-13-14-23-24(16-21)31-18-30-23/h5-14,16,19,22,26,28-29H,2,4,15,17-18H2,1,3H3/b10-6-/t19?,22-,26-/m1/s1. The zero-order chi connectivity index (χ0) is 21.6. The Hall–Kier alpha value is -2.98. The summed E-state index contributed by atoms with van der Waals surface area (Å²) in [6.07, 6.45) is 7.49. The van der Waals surface area contributed by atoms with Gasteiger partial charge in [-0.05, 0) is 41.2 Å². The number of ether oxygens (including phenoxy) is 2. The van der Waals surface area contributed by atoms with Gasteiger partial charge in [-0.1, -0.05) is 68.5 Å². The molecule has 2 aromatic carbocycles. The van der Waals surface area contributed by atoms with Gasteiger partial charge in [0.1, 0.15) is 0 Å². The molecule has 0 saturated carbocycles. The Kier molecular flexibility index (Phi) is 6.78. The largest absolute Gasteiger partial charge is 0.454 e. The van der Waals surface area contributed by atoms with Crippen LogP contribution in [0.25, 0.3) is 0 Å². The fraction of sp³-hybridized carbons (Fsp3) is 0.333. The minimum atomic E-state index is 0.0573. The zero-order valence-electron chi connectivity index (χ0n) is 18.4. The van der Waals surface area contributed by atoms with E-state index in [1.807, 2.05) is 6.07 Å². The van der Waals surface area contributed by atoms with Crippen molar-refractivity contribution in [2.45, 2.75) is 32.2 Å². The smallest absolute Gasteiger partial charge is 0.231 e. The molecule has 2 heterocycles. The minimum absolute atomic E-state index is 0.0573. The van der Waals surface area contributed by atoms with Crippen molar-refractivity contribution in [1.82, 2.24) is 10.6 Å². The summed E-state index contributed by atoms with van der Waals surface area (Å²) >= 11 is 0. The maximum atomic E-state index is 5.65. The number of benzene rings is 2. The lowest BCUT2D eigenvalue weighted by Crippen LogP contribution is -2.40. The Morgan fingerprint density at radius 1 is 1.10 bits per heavy atom. The first kappa shape index (κ1) is 21.3. The summed E-state index contributed by atoms with van der Waals surface area (Å²) in [7, 11) is 0. The highest BCUT2D eigenvalue weighted by Gasteiger charge is 2.33. The Morgan fingerprint density at radius 2 is 1.90 bits per heavy atom. The highest BCUT2D eigenvalue weighted by molar-refractivity contribution is 5.49. The van der Waals surface area contributed by atoms with E-state index >= 15 is 0 Å². The van der Waals surface area contributed by atoms with Gasteiger partial charge in [0.2, 0.25) is 6.79 Å². The number of hydrogen-bond donors (Lipinski definition) is 2. The molecule has 0 radical (unpaired) electrons. The van der Waals surface area contributed by atoms with Gasteiger partial charge in [0.15, 0.2) is 11.5 Å². The van der Waals surface area contributed by atoms with Crippen molar-refractivity contribution < 1.29 is 9.47 Å². The summed E-state index contributed by atoms with van der Waals surface area (Å²) in [4.78, 5) is 0. The maximum absolute atomic E-state index is 5.65. The van der Waals surface area contributed by atoms with Gasteiger partial charge in [-0.15, -0.1) is 6.58 Å². The second-order valence-corrected chi connectivity index (χ2v) is 8.07. The van der Waals surface area contributed by atoms with Crippen molar-refractivity contribution in [2.24, 2.45) is 5.92 Å². The van der Waals surface area contributed by atoms with Crippen molar-refractivity contribution in [2.75, 3.05) is 19.9 Å². The summed E-state index contributed by atoms with van der Waals surface area (Å²) < 4.78 is 11.2. The molecule has 4 nitrogen and oxygen atoms in total. The Morgan fingerprint density at radius 3 is 2.68 bits per heavy atom. The highest BCUT2D eigenvalue weighted by Crippen LogP contribution is 2.42. The van der Waals surface area contributed by atoms with E-state index in [9.17, 15) is 0 Å². The van der Waals surface area contributed by atoms with Gasteiger partial charge in [-0.25, -0.2) is 0 Å². The van der Waals surface area contributed by atoms with Crippen molar-refractivity contribution in [3.05, 3.63) is 95.7 Å². The lowest BCUT2D eigenvalue weighted by atomic mass is 9.77. The number of fused-ring (bicyclic) bond motifs is 1. The molecule has 0 amide bonds. The van der Waals surface area contributed by atoms with Crippen molar-refractivity contribution in [3.63, 3.8) is 0 Å². The first-order valence-corrected chi connectivity index (χ1v) is 11.2. The third-order valence-electron chi connectivity index (χ3n) is 6.09. The first-order chi connectivity index (χ1) is 15.2. The van der Waals surface area contributed by atoms with Crippen molar-refractivity contribution in [3.8, 4) is 11.5 Å². The molecular weight excluding hydrogens is 384 g/mol. The second kappa shape index (κ2) is 9.88. The van der Waals surface area contributed by atoms with Crippen LogP contribution in [0.4, 0.5) is 0 Å². The third-order valence-corrected chi connectivity index (χ3v) is 6.09. The first-order valence-electron chi connectivity index (χ1n) is 11.2. The molecule has 2 aromatic rings. The van der Waals surface area contributed by atoms with Gasteiger partial charge in [0.25, 0.3) is 0 Å². The number of hydrogen-bond acceptors (Lipinski definition) is 4. The summed E-state index contributed by atoms with van der Waals surface area (Å²) in [5.74, 6) is 2.16. The predicted molar refractivity (Wildman–Crippen MR) is 126 cm³/mol. The van der Waals surface area contributed by atoms with Gasteiger partial charge in [0, 0.05) is 24.7 Å². The van der Waals surface area contributed by atoms with Crippen LogP contribution >= 0.6 is 0 Å². The molecule has 2 aliphatic heterocycles. The Labute approximate surface area is 185 Å². The van der Waals surface area contributed by atoms with E-state index in [0.29, 0.717) is 0 Å². The normalized spacial score (nSPS) is 21.4. The van der Waals surface area contributed by atoms with E-state index in [0.717, 1.165) is 31.0 Å². The average Bonchev–Trinajstić information content (AvgIpc) is 3.29. The molecule has 0 fully saturated rings. The molecule has 4 rings (SSSR count). The molecule has 1 unspecified atom stereocenters. The van der Waals surface area contributed by atoms with Crippen LogP contribution in [0, 0.1) is 5.92 Å². The van der Waals surface area contributed by atoms with Crippen LogP contribution in [0.15, 0.2) is 84.6 Å². The zero-order valence-corrected chi connectivity index (χ0v) is 18.4. The summed E-state index contributed by atoms with van der Waals surface area (Å²) in [6.45, 7) is 10.5. The number of rotatable bonds is 8. The monoisotopic (exact) mass is 416 g/mol. The van der Waals surface area contributed by atoms with E-state index in [1.54, 1.807) is 0 Å². The molecule has 0 spiro atoms. The summed E-state index contributed by atoms with van der Waals surface area (Å²) in [5, 5.41) is 7.55. The molecule has 0 bridgehead atoms. The molecule has 2 N–H and O–H groups in total. The SMILES string of the molecule is C=CC(C)C1=C(NC/C=C\CC)[C@@H](c2ccc3c(c2)OCO3)NC[C@@H]1c1ccccc1. The van der Waals surface area contributed by atoms with Crippen molar-refractivity contribution in [1.29, 1.82) is 0 Å². The predicted octanol–water partition coefficient (Wildman–Crippen LogP) is 5.48. The molecule has 31 heavy (non-hydrogen) atoms. The number of nitrogens with one attached hydrogen (secondary N) is 2. The third kappa shape index (κ3) is 4.54. The van der Waals surface area contributed by atoms with Gasteiger partial charge < -0.3 is 20.1 Å². The van der Waals surface area contributed by atoms with Crippen LogP contribution in [0.1, 0.15) is 43.4 Å². The van der Waals surface area contributed by atoms with E-state index in [2.05, 4.69) is 91.8 Å². The van der Waals surface area contributed by atoms with Gasteiger partial charge in [0.05, 0.1) is 6.04 Å². The molecule has 0 aromatic heterocycles. The fourth-order valence-electron chi connectivity index (χ4n) is 4.47. The molecule has 162 valence electrons. The Balaban J connectivity index is 1.78. The molecule has 0 aliphatic carbocycles. The Bertz CT molecular complexity index is 964. The van der Waals surface area contributed by atoms with E-state index < -0.39 is 0 Å². The van der Waals surface area contributed by atoms with E-state index in [1.165, 1.54) is 22.4 Å². The van der Waals surface area contributed by atoms with Crippen LogP contribution in [-0.2, 0) is 0 Å². The quantitative estimate of drug-likeness (QED) is 0.560. The molecule has 0 saturated heterocycles. The van der Waals surface area contributed by atoms with E-state index in [-0.39, 0.29) is 24.7 Å². The fourth-order valence-corrected chi connectivity index (χ4v) is 4.47. The lowest BCUT2D eigenvalue weighted by Gasteiger charge is -2.38.